The average molecular weight is 542 g/mol. The van der Waals surface area contributed by atoms with Gasteiger partial charge in [-0.25, -0.2) is 9.50 Å². The van der Waals surface area contributed by atoms with Crippen molar-refractivity contribution in [3.8, 4) is 22.5 Å². The van der Waals surface area contributed by atoms with Crippen LogP contribution in [-0.4, -0.2) is 73.9 Å². The van der Waals surface area contributed by atoms with E-state index in [0.29, 0.717) is 0 Å². The number of halogens is 3. The fraction of sp³-hybridized carbons (Fsp3) is 0.429. The molecule has 3 aromatic heterocycles. The number of amides is 1. The number of benzene rings is 1. The van der Waals surface area contributed by atoms with E-state index in [4.69, 9.17) is 0 Å². The van der Waals surface area contributed by atoms with E-state index < -0.39 is 12.6 Å². The Hall–Kier alpha value is -3.73. The van der Waals surface area contributed by atoms with Crippen LogP contribution in [0.2, 0.25) is 0 Å². The predicted octanol–water partition coefficient (Wildman–Crippen LogP) is 5.62. The second-order valence-corrected chi connectivity index (χ2v) is 10.4. The number of likely N-dealkylation sites (N-methyl/N-ethyl adjacent to an activating group) is 2. The maximum absolute atomic E-state index is 12.7. The fourth-order valence-electron chi connectivity index (χ4n) is 4.68. The fourth-order valence-corrected chi connectivity index (χ4v) is 4.68. The summed E-state index contributed by atoms with van der Waals surface area (Å²) in [7, 11) is 3.19. The zero-order valence-corrected chi connectivity index (χ0v) is 23.0. The van der Waals surface area contributed by atoms with Crippen LogP contribution in [0.3, 0.4) is 0 Å². The van der Waals surface area contributed by atoms with E-state index in [1.54, 1.807) is 16.5 Å². The Balaban J connectivity index is 1.52. The van der Waals surface area contributed by atoms with Gasteiger partial charge in [0.05, 0.1) is 30.4 Å². The topological polar surface area (TPSA) is 82.4 Å². The molecule has 1 atom stereocenters. The number of nitrogens with zero attached hydrogens (tertiary/aromatic N) is 6. The van der Waals surface area contributed by atoms with Gasteiger partial charge in [0.25, 0.3) is 0 Å². The molecule has 0 saturated heterocycles. The van der Waals surface area contributed by atoms with Gasteiger partial charge in [0.2, 0.25) is 5.91 Å². The smallest absolute Gasteiger partial charge is 0.338 e. The molecule has 0 fully saturated rings. The zero-order chi connectivity index (χ0) is 28.5. The van der Waals surface area contributed by atoms with Crippen LogP contribution in [0.4, 0.5) is 13.2 Å². The van der Waals surface area contributed by atoms with Crippen molar-refractivity contribution in [2.24, 2.45) is 0 Å². The van der Waals surface area contributed by atoms with E-state index in [1.807, 2.05) is 44.3 Å². The van der Waals surface area contributed by atoms with Crippen LogP contribution in [0.5, 0.6) is 0 Å². The van der Waals surface area contributed by atoms with Gasteiger partial charge in [-0.15, -0.1) is 0 Å². The Labute approximate surface area is 225 Å². The molecule has 0 spiro atoms. The first-order chi connectivity index (χ1) is 18.4. The monoisotopic (exact) mass is 541 g/mol. The first-order valence-electron chi connectivity index (χ1n) is 12.9. The van der Waals surface area contributed by atoms with Crippen LogP contribution in [-0.2, 0) is 4.79 Å². The van der Waals surface area contributed by atoms with Gasteiger partial charge in [-0.2, -0.15) is 23.4 Å². The molecule has 208 valence electrons. The summed E-state index contributed by atoms with van der Waals surface area (Å²) in [6, 6.07) is 9.74. The van der Waals surface area contributed by atoms with Gasteiger partial charge < -0.3 is 4.90 Å². The predicted molar refractivity (Wildman–Crippen MR) is 144 cm³/mol. The summed E-state index contributed by atoms with van der Waals surface area (Å²) in [6.45, 7) is 7.85. The standard InChI is InChI=1S/C28H34F3N7O/c1-17(2)24-25(34-35-26(24)22-13-18(3)27-32-16-33-38(27)14-22)21-9-7-20(8-10-21)19(4)37(6)23(39)15-36(5)12-11-28(29,30)31/h7-10,13-14,16-17,19H,11-12,15H2,1-6H3,(H,34,35). The second kappa shape index (κ2) is 11.2. The highest BCUT2D eigenvalue weighted by molar-refractivity contribution is 5.79. The molecular weight excluding hydrogens is 507 g/mol. The summed E-state index contributed by atoms with van der Waals surface area (Å²) in [5.41, 5.74) is 7.52. The van der Waals surface area contributed by atoms with E-state index in [0.717, 1.165) is 44.9 Å². The number of hydrogen-bond donors (Lipinski definition) is 1. The van der Waals surface area contributed by atoms with Crippen LogP contribution < -0.4 is 0 Å². The van der Waals surface area contributed by atoms with Gasteiger partial charge in [0.15, 0.2) is 5.65 Å². The number of nitrogens with one attached hydrogen (secondary N) is 1. The summed E-state index contributed by atoms with van der Waals surface area (Å²) in [6.07, 6.45) is -1.72. The number of fused-ring (bicyclic) bond motifs is 1. The van der Waals surface area contributed by atoms with Gasteiger partial charge in [-0.05, 0) is 49.6 Å². The number of alkyl halides is 3. The molecule has 4 rings (SSSR count). The van der Waals surface area contributed by atoms with Crippen molar-refractivity contribution in [3.63, 3.8) is 0 Å². The van der Waals surface area contributed by atoms with E-state index in [-0.39, 0.29) is 31.0 Å². The lowest BCUT2D eigenvalue weighted by Crippen LogP contribution is -2.39. The van der Waals surface area contributed by atoms with E-state index >= 15 is 0 Å². The molecule has 11 heteroatoms. The highest BCUT2D eigenvalue weighted by Gasteiger charge is 2.28. The molecule has 0 aliphatic carbocycles. The summed E-state index contributed by atoms with van der Waals surface area (Å²) >= 11 is 0. The first kappa shape index (κ1) is 28.3. The average Bonchev–Trinajstić information content (AvgIpc) is 3.54. The lowest BCUT2D eigenvalue weighted by Gasteiger charge is -2.28. The van der Waals surface area contributed by atoms with Crippen LogP contribution in [0, 0.1) is 6.92 Å². The highest BCUT2D eigenvalue weighted by atomic mass is 19.4. The molecule has 0 saturated carbocycles. The maximum atomic E-state index is 12.7. The minimum Gasteiger partial charge on any atom is -0.338 e. The summed E-state index contributed by atoms with van der Waals surface area (Å²) in [5, 5.41) is 12.2. The third-order valence-corrected chi connectivity index (χ3v) is 7.05. The van der Waals surface area contributed by atoms with Gasteiger partial charge in [0.1, 0.15) is 6.33 Å². The maximum Gasteiger partial charge on any atom is 0.390 e. The quantitative estimate of drug-likeness (QED) is 0.297. The SMILES string of the molecule is Cc1cc(-c2n[nH]c(-c3ccc(C(C)N(C)C(=O)CN(C)CCC(F)(F)F)cc3)c2C(C)C)cn2ncnc12. The Morgan fingerprint density at radius 3 is 2.44 bits per heavy atom. The largest absolute Gasteiger partial charge is 0.390 e. The number of aryl methyl sites for hydroxylation is 1. The van der Waals surface area contributed by atoms with Crippen molar-refractivity contribution in [1.82, 2.24) is 34.6 Å². The molecule has 1 aromatic carbocycles. The molecule has 1 N–H and O–H groups in total. The van der Waals surface area contributed by atoms with Crippen LogP contribution in [0.1, 0.15) is 55.8 Å². The van der Waals surface area contributed by atoms with Gasteiger partial charge in [0, 0.05) is 30.9 Å². The van der Waals surface area contributed by atoms with Crippen LogP contribution in [0.15, 0.2) is 42.9 Å². The number of aromatic amines is 1. The number of rotatable bonds is 9. The number of aromatic nitrogens is 5. The van der Waals surface area contributed by atoms with Crippen LogP contribution >= 0.6 is 0 Å². The minimum atomic E-state index is -4.24. The van der Waals surface area contributed by atoms with E-state index in [1.165, 1.54) is 18.3 Å². The van der Waals surface area contributed by atoms with Crippen molar-refractivity contribution < 1.29 is 18.0 Å². The second-order valence-electron chi connectivity index (χ2n) is 10.4. The lowest BCUT2D eigenvalue weighted by atomic mass is 9.93. The highest BCUT2D eigenvalue weighted by Crippen LogP contribution is 2.36. The Bertz CT molecular complexity index is 1440. The van der Waals surface area contributed by atoms with Gasteiger partial charge >= 0.3 is 6.18 Å². The number of pyridine rings is 1. The van der Waals surface area contributed by atoms with Crippen LogP contribution in [0.25, 0.3) is 28.2 Å². The molecule has 39 heavy (non-hydrogen) atoms. The molecule has 0 bridgehead atoms. The van der Waals surface area contributed by atoms with Crippen molar-refractivity contribution in [2.45, 2.75) is 52.3 Å². The van der Waals surface area contributed by atoms with E-state index in [2.05, 4.69) is 40.2 Å². The Morgan fingerprint density at radius 2 is 1.79 bits per heavy atom. The molecule has 0 aliphatic heterocycles. The number of hydrogen-bond acceptors (Lipinski definition) is 5. The van der Waals surface area contributed by atoms with Crippen molar-refractivity contribution in [3.05, 3.63) is 59.5 Å². The number of carbonyl (C=O) groups is 1. The molecule has 8 nitrogen and oxygen atoms in total. The Morgan fingerprint density at radius 1 is 1.10 bits per heavy atom. The minimum absolute atomic E-state index is 0.0798. The molecule has 0 radical (unpaired) electrons. The molecule has 1 unspecified atom stereocenters. The molecule has 0 aliphatic rings. The number of H-pyrrole nitrogens is 1. The normalized spacial score (nSPS) is 13.0. The van der Waals surface area contributed by atoms with Gasteiger partial charge in [-0.1, -0.05) is 38.1 Å². The lowest BCUT2D eigenvalue weighted by molar-refractivity contribution is -0.141. The Kier molecular flexibility index (Phi) is 8.10. The summed E-state index contributed by atoms with van der Waals surface area (Å²) in [4.78, 5) is 20.0. The van der Waals surface area contributed by atoms with Crippen molar-refractivity contribution in [1.29, 1.82) is 0 Å². The van der Waals surface area contributed by atoms with Crippen molar-refractivity contribution >= 4 is 11.6 Å². The van der Waals surface area contributed by atoms with Gasteiger partial charge in [-0.3, -0.25) is 14.8 Å². The molecule has 1 amide bonds. The first-order valence-corrected chi connectivity index (χ1v) is 12.9. The molecule has 4 aromatic rings. The zero-order valence-electron chi connectivity index (χ0n) is 23.0. The third kappa shape index (κ3) is 6.30. The number of carbonyl (C=O) groups excluding carboxylic acids is 1. The molecular formula is C28H34F3N7O. The third-order valence-electron chi connectivity index (χ3n) is 7.05. The summed E-state index contributed by atoms with van der Waals surface area (Å²) in [5.74, 6) is -0.0478. The summed E-state index contributed by atoms with van der Waals surface area (Å²) < 4.78 is 39.3. The molecule has 3 heterocycles. The van der Waals surface area contributed by atoms with E-state index in [9.17, 15) is 18.0 Å². The van der Waals surface area contributed by atoms with Crippen molar-refractivity contribution in [2.75, 3.05) is 27.2 Å².